The van der Waals surface area contributed by atoms with E-state index < -0.39 is 17.9 Å². The highest BCUT2D eigenvalue weighted by Gasteiger charge is 2.27. The predicted octanol–water partition coefficient (Wildman–Crippen LogP) is 0.817. The first-order valence-corrected chi connectivity index (χ1v) is 8.13. The van der Waals surface area contributed by atoms with E-state index in [1.807, 2.05) is 0 Å². The van der Waals surface area contributed by atoms with Gasteiger partial charge >= 0.3 is 9.06 Å². The summed E-state index contributed by atoms with van der Waals surface area (Å²) < 4.78 is 45.1. The number of benzene rings is 2. The van der Waals surface area contributed by atoms with Gasteiger partial charge in [-0.25, -0.2) is 13.6 Å². The molecule has 0 saturated heterocycles. The van der Waals surface area contributed by atoms with Crippen LogP contribution < -0.4 is 5.14 Å². The molecule has 7 heteroatoms. The third kappa shape index (κ3) is 2.04. The van der Waals surface area contributed by atoms with Gasteiger partial charge in [-0.05, 0) is 22.9 Å². The van der Waals surface area contributed by atoms with Crippen LogP contribution >= 0.6 is 0 Å². The van der Waals surface area contributed by atoms with Crippen molar-refractivity contribution in [2.45, 2.75) is 4.90 Å². The van der Waals surface area contributed by atoms with Gasteiger partial charge in [0.1, 0.15) is 0 Å². The molecule has 2 N–H and O–H groups in total. The van der Waals surface area contributed by atoms with Gasteiger partial charge in [0.25, 0.3) is 8.87 Å². The normalized spacial score (nSPS) is 12.8. The van der Waals surface area contributed by atoms with Crippen molar-refractivity contribution in [1.29, 1.82) is 0 Å². The Labute approximate surface area is 98.2 Å². The van der Waals surface area contributed by atoms with E-state index in [-0.39, 0.29) is 4.90 Å². The number of nitrogens with two attached hydrogens (primary N) is 1. The summed E-state index contributed by atoms with van der Waals surface area (Å²) in [6, 6.07) is 11.1. The number of hydrogen-bond donors (Lipinski definition) is 1. The minimum atomic E-state index is -4.65. The van der Waals surface area contributed by atoms with Gasteiger partial charge in [0.2, 0.25) is 0 Å². The second-order valence-electron chi connectivity index (χ2n) is 3.46. The molecule has 0 unspecified atom stereocenters. The van der Waals surface area contributed by atoms with Gasteiger partial charge < -0.3 is 0 Å². The maximum Gasteiger partial charge on any atom is 0.319 e. The fraction of sp³-hybridized carbons (Fsp3) is 0. The Balaban J connectivity index is 2.75. The average molecular weight is 271 g/mol. The van der Waals surface area contributed by atoms with Crippen LogP contribution in [-0.2, 0) is 17.9 Å². The second kappa shape index (κ2) is 3.80. The molecule has 0 aliphatic rings. The van der Waals surface area contributed by atoms with E-state index in [1.54, 1.807) is 24.3 Å². The van der Waals surface area contributed by atoms with Gasteiger partial charge in [-0.3, -0.25) is 0 Å². The molecule has 2 aromatic carbocycles. The minimum absolute atomic E-state index is 0.321. The molecule has 0 aliphatic carbocycles. The Hall–Kier alpha value is -1.44. The van der Waals surface area contributed by atoms with E-state index in [0.717, 1.165) is 5.39 Å². The topological polar surface area (TPSA) is 94.3 Å². The standard InChI is InChI=1S/C10H9NO4S2/c11-17(14,15)16(12,13)10-6-5-8-3-1-2-4-9(8)7-10/h1-7H,(H2,11,14,15). The van der Waals surface area contributed by atoms with Crippen LogP contribution in [0.2, 0.25) is 0 Å². The molecule has 0 amide bonds. The van der Waals surface area contributed by atoms with Gasteiger partial charge in [0.05, 0.1) is 4.90 Å². The first-order chi connectivity index (χ1) is 7.82. The Kier molecular flexibility index (Phi) is 2.69. The van der Waals surface area contributed by atoms with Crippen molar-refractivity contribution in [2.24, 2.45) is 5.14 Å². The monoisotopic (exact) mass is 271 g/mol. The molecule has 0 fully saturated rings. The first-order valence-electron chi connectivity index (χ1n) is 4.59. The van der Waals surface area contributed by atoms with E-state index in [0.29, 0.717) is 5.39 Å². The van der Waals surface area contributed by atoms with Crippen LogP contribution in [-0.4, -0.2) is 16.8 Å². The van der Waals surface area contributed by atoms with Crippen molar-refractivity contribution < 1.29 is 16.8 Å². The molecule has 0 bridgehead atoms. The lowest BCUT2D eigenvalue weighted by Crippen LogP contribution is -2.23. The lowest BCUT2D eigenvalue weighted by atomic mass is 10.1. The summed E-state index contributed by atoms with van der Waals surface area (Å²) in [7, 11) is -9.17. The minimum Gasteiger partial charge on any atom is -0.215 e. The summed E-state index contributed by atoms with van der Waals surface area (Å²) in [5.41, 5.74) is 0. The first kappa shape index (κ1) is 12.0. The molecule has 0 heterocycles. The molecule has 0 atom stereocenters. The van der Waals surface area contributed by atoms with Crippen LogP contribution in [0.25, 0.3) is 10.8 Å². The Morgan fingerprint density at radius 3 is 2.00 bits per heavy atom. The molecule has 0 aromatic heterocycles. The quantitative estimate of drug-likeness (QED) is 0.818. The van der Waals surface area contributed by atoms with Crippen molar-refractivity contribution in [3.8, 4) is 0 Å². The number of fused-ring (bicyclic) bond motifs is 1. The zero-order chi connectivity index (χ0) is 12.7. The fourth-order valence-corrected chi connectivity index (χ4v) is 3.35. The molecule has 2 aromatic rings. The van der Waals surface area contributed by atoms with Gasteiger partial charge in [0.15, 0.2) is 0 Å². The van der Waals surface area contributed by atoms with Crippen LogP contribution in [0.5, 0.6) is 0 Å². The smallest absolute Gasteiger partial charge is 0.215 e. The van der Waals surface area contributed by atoms with E-state index in [9.17, 15) is 16.8 Å². The van der Waals surface area contributed by atoms with E-state index in [2.05, 4.69) is 5.14 Å². The molecule has 5 nitrogen and oxygen atoms in total. The highest BCUT2D eigenvalue weighted by molar-refractivity contribution is 8.66. The van der Waals surface area contributed by atoms with E-state index >= 15 is 0 Å². The Morgan fingerprint density at radius 2 is 1.41 bits per heavy atom. The largest absolute Gasteiger partial charge is 0.319 e. The Morgan fingerprint density at radius 1 is 0.824 bits per heavy atom. The van der Waals surface area contributed by atoms with Crippen molar-refractivity contribution in [1.82, 2.24) is 0 Å². The fourth-order valence-electron chi connectivity index (χ4n) is 1.46. The molecule has 0 aliphatic heterocycles. The summed E-state index contributed by atoms with van der Waals surface area (Å²) in [6.45, 7) is 0. The third-order valence-corrected chi connectivity index (χ3v) is 6.17. The maximum atomic E-state index is 11.6. The van der Waals surface area contributed by atoms with Crippen molar-refractivity contribution in [3.05, 3.63) is 42.5 Å². The summed E-state index contributed by atoms with van der Waals surface area (Å²) in [5.74, 6) is 0. The number of hydrogen-bond acceptors (Lipinski definition) is 4. The molecular formula is C10H9NO4S2. The lowest BCUT2D eigenvalue weighted by molar-refractivity contribution is 0.583. The van der Waals surface area contributed by atoms with Gasteiger partial charge in [-0.2, -0.15) is 8.42 Å². The highest BCUT2D eigenvalue weighted by Crippen LogP contribution is 2.21. The molecule has 17 heavy (non-hydrogen) atoms. The van der Waals surface area contributed by atoms with Gasteiger partial charge in [0, 0.05) is 0 Å². The van der Waals surface area contributed by atoms with Crippen molar-refractivity contribution in [3.63, 3.8) is 0 Å². The summed E-state index contributed by atoms with van der Waals surface area (Å²) in [6.07, 6.45) is 0. The maximum absolute atomic E-state index is 11.6. The predicted molar refractivity (Wildman–Crippen MR) is 64.2 cm³/mol. The number of rotatable bonds is 2. The van der Waals surface area contributed by atoms with Crippen molar-refractivity contribution in [2.75, 3.05) is 0 Å². The van der Waals surface area contributed by atoms with Gasteiger partial charge in [-0.15, -0.1) is 0 Å². The highest BCUT2D eigenvalue weighted by atomic mass is 33.2. The van der Waals surface area contributed by atoms with Gasteiger partial charge in [-0.1, -0.05) is 30.3 Å². The lowest BCUT2D eigenvalue weighted by Gasteiger charge is -2.03. The molecule has 0 radical (unpaired) electrons. The Bertz CT molecular complexity index is 779. The van der Waals surface area contributed by atoms with Crippen molar-refractivity contribution >= 4 is 28.7 Å². The van der Waals surface area contributed by atoms with E-state index in [1.165, 1.54) is 18.2 Å². The SMILES string of the molecule is NS(=O)(=O)S(=O)(=O)c1ccc2ccccc2c1. The van der Waals surface area contributed by atoms with Crippen LogP contribution in [0.3, 0.4) is 0 Å². The zero-order valence-electron chi connectivity index (χ0n) is 8.57. The van der Waals surface area contributed by atoms with Crippen LogP contribution in [0.15, 0.2) is 47.4 Å². The molecule has 90 valence electrons. The summed E-state index contributed by atoms with van der Waals surface area (Å²) in [4.78, 5) is -0.321. The van der Waals surface area contributed by atoms with Crippen LogP contribution in [0, 0.1) is 0 Å². The molecule has 2 rings (SSSR count). The zero-order valence-corrected chi connectivity index (χ0v) is 10.2. The molecular weight excluding hydrogens is 262 g/mol. The van der Waals surface area contributed by atoms with E-state index in [4.69, 9.17) is 0 Å². The molecule has 0 saturated carbocycles. The summed E-state index contributed by atoms with van der Waals surface area (Å²) >= 11 is 0. The molecule has 0 spiro atoms. The summed E-state index contributed by atoms with van der Waals surface area (Å²) in [5, 5.41) is 6.13. The van der Waals surface area contributed by atoms with Crippen LogP contribution in [0.4, 0.5) is 0 Å². The average Bonchev–Trinajstić information content (AvgIpc) is 2.27. The van der Waals surface area contributed by atoms with Crippen LogP contribution in [0.1, 0.15) is 0 Å². The second-order valence-corrected chi connectivity index (χ2v) is 8.53. The third-order valence-electron chi connectivity index (χ3n) is 2.32.